The lowest BCUT2D eigenvalue weighted by Crippen LogP contribution is -2.28. The molecule has 0 saturated carbocycles. The van der Waals surface area contributed by atoms with E-state index in [-0.39, 0.29) is 32.3 Å². The van der Waals surface area contributed by atoms with Crippen molar-refractivity contribution in [1.29, 1.82) is 0 Å². The monoisotopic (exact) mass is 479 g/mol. The van der Waals surface area contributed by atoms with E-state index in [0.29, 0.717) is 16.9 Å². The van der Waals surface area contributed by atoms with Gasteiger partial charge in [0, 0.05) is 31.0 Å². The zero-order chi connectivity index (χ0) is 21.5. The van der Waals surface area contributed by atoms with E-state index < -0.39 is 0 Å². The number of nitrogens with two attached hydrogens (primary N) is 1. The van der Waals surface area contributed by atoms with Crippen LogP contribution in [0.15, 0.2) is 82.6 Å². The first-order valence-electron chi connectivity index (χ1n) is 9.48. The Morgan fingerprint density at radius 1 is 1.09 bits per heavy atom. The van der Waals surface area contributed by atoms with Gasteiger partial charge < -0.3 is 27.3 Å². The fourth-order valence-corrected chi connectivity index (χ4v) is 3.93. The van der Waals surface area contributed by atoms with Gasteiger partial charge in [0.15, 0.2) is 0 Å². The van der Waals surface area contributed by atoms with E-state index in [1.165, 1.54) is 11.8 Å². The SMILES string of the molecule is CCC1Sc2ccc(C(=O)Nc3ccc(S)cc3)cc2NC1=O.Nc1ccccc1.O.O.[HH].[HH].[HH]. The molecule has 0 aliphatic carbocycles. The zero-order valence-corrected chi connectivity index (χ0v) is 19.2. The summed E-state index contributed by atoms with van der Waals surface area (Å²) in [6.07, 6.45) is 0.777. The smallest absolute Gasteiger partial charge is 0.255 e. The van der Waals surface area contributed by atoms with Crippen LogP contribution >= 0.6 is 24.4 Å². The van der Waals surface area contributed by atoms with Gasteiger partial charge >= 0.3 is 0 Å². The van der Waals surface area contributed by atoms with Crippen LogP contribution in [0.4, 0.5) is 17.1 Å². The first-order chi connectivity index (χ1) is 14.5. The van der Waals surface area contributed by atoms with Gasteiger partial charge in [-0.1, -0.05) is 25.1 Å². The molecule has 3 aromatic rings. The highest BCUT2D eigenvalue weighted by molar-refractivity contribution is 8.01. The summed E-state index contributed by atoms with van der Waals surface area (Å²) in [5.41, 5.74) is 8.09. The molecular weight excluding hydrogens is 446 g/mol. The number of hydrogen-bond donors (Lipinski definition) is 4. The lowest BCUT2D eigenvalue weighted by molar-refractivity contribution is -0.115. The second kappa shape index (κ2) is 12.8. The molecule has 176 valence electrons. The average molecular weight is 480 g/mol. The molecule has 9 heteroatoms. The van der Waals surface area contributed by atoms with Gasteiger partial charge in [0.05, 0.1) is 10.9 Å². The van der Waals surface area contributed by atoms with Crippen molar-refractivity contribution in [2.75, 3.05) is 16.4 Å². The van der Waals surface area contributed by atoms with E-state index in [1.807, 2.05) is 55.5 Å². The fourth-order valence-electron chi connectivity index (χ4n) is 2.76. The number of carbonyl (C=O) groups excluding carboxylic acids is 2. The summed E-state index contributed by atoms with van der Waals surface area (Å²) in [7, 11) is 0. The summed E-state index contributed by atoms with van der Waals surface area (Å²) in [6.45, 7) is 1.99. The van der Waals surface area contributed by atoms with E-state index in [1.54, 1.807) is 24.3 Å². The Labute approximate surface area is 201 Å². The summed E-state index contributed by atoms with van der Waals surface area (Å²) in [6, 6.07) is 22.1. The van der Waals surface area contributed by atoms with Crippen LogP contribution in [0, 0.1) is 0 Å². The zero-order valence-electron chi connectivity index (χ0n) is 17.5. The van der Waals surface area contributed by atoms with E-state index in [9.17, 15) is 9.59 Å². The van der Waals surface area contributed by atoms with Crippen LogP contribution in [0.5, 0.6) is 0 Å². The number of nitrogens with one attached hydrogen (secondary N) is 2. The molecule has 0 spiro atoms. The van der Waals surface area contributed by atoms with Gasteiger partial charge in [-0.3, -0.25) is 9.59 Å². The number of carbonyl (C=O) groups is 2. The molecule has 0 saturated heterocycles. The second-order valence-electron chi connectivity index (χ2n) is 6.63. The van der Waals surface area contributed by atoms with Crippen LogP contribution in [0.25, 0.3) is 0 Å². The summed E-state index contributed by atoms with van der Waals surface area (Å²) < 4.78 is 0. The van der Waals surface area contributed by atoms with Gasteiger partial charge in [-0.25, -0.2) is 0 Å². The highest BCUT2D eigenvalue weighted by Crippen LogP contribution is 2.37. The maximum Gasteiger partial charge on any atom is 0.255 e. The lowest BCUT2D eigenvalue weighted by Gasteiger charge is -2.23. The van der Waals surface area contributed by atoms with Crippen LogP contribution in [0.2, 0.25) is 0 Å². The minimum atomic E-state index is -0.212. The molecule has 3 aromatic carbocycles. The van der Waals surface area contributed by atoms with Crippen molar-refractivity contribution in [3.05, 3.63) is 78.4 Å². The third-order valence-electron chi connectivity index (χ3n) is 4.36. The molecule has 0 aromatic heterocycles. The number of thioether (sulfide) groups is 1. The Bertz CT molecular complexity index is 1050. The first-order valence-corrected chi connectivity index (χ1v) is 10.8. The lowest BCUT2D eigenvalue weighted by atomic mass is 10.1. The van der Waals surface area contributed by atoms with Gasteiger partial charge in [-0.15, -0.1) is 24.4 Å². The standard InChI is InChI=1S/C17H16N2O2S2.C6H7N.2H2O.3H2/c1-2-14-17(21)19-13-9-10(3-8-15(13)23-14)16(20)18-11-4-6-12(22)7-5-11;7-6-4-2-1-3-5-6;;;;;/h3-9,14,22H,2H2,1H3,(H,18,20)(H,19,21);1-5H,7H2;2*1H2;3*1H. The molecule has 2 amide bonds. The minimum absolute atomic E-state index is 0. The number of thiol groups is 1. The maximum atomic E-state index is 12.3. The highest BCUT2D eigenvalue weighted by atomic mass is 32.2. The van der Waals surface area contributed by atoms with Gasteiger partial charge in [0.1, 0.15) is 0 Å². The predicted molar refractivity (Wildman–Crippen MR) is 141 cm³/mol. The molecule has 8 N–H and O–H groups in total. The molecule has 0 bridgehead atoms. The number of anilines is 3. The summed E-state index contributed by atoms with van der Waals surface area (Å²) in [5.74, 6) is -0.219. The number of para-hydroxylation sites is 1. The number of fused-ring (bicyclic) bond motifs is 1. The van der Waals surface area contributed by atoms with E-state index in [2.05, 4.69) is 23.3 Å². The largest absolute Gasteiger partial charge is 0.412 e. The van der Waals surface area contributed by atoms with E-state index in [4.69, 9.17) is 5.73 Å². The van der Waals surface area contributed by atoms with Gasteiger partial charge in [0.25, 0.3) is 5.91 Å². The quantitative estimate of drug-likeness (QED) is 0.325. The molecule has 1 atom stereocenters. The van der Waals surface area contributed by atoms with Crippen molar-refractivity contribution in [3.63, 3.8) is 0 Å². The Balaban J connectivity index is -0.000000747. The Morgan fingerprint density at radius 2 is 1.75 bits per heavy atom. The van der Waals surface area contributed by atoms with Crippen molar-refractivity contribution in [3.8, 4) is 0 Å². The van der Waals surface area contributed by atoms with Gasteiger partial charge in [-0.05, 0) is 61.0 Å². The van der Waals surface area contributed by atoms with Crippen molar-refractivity contribution >= 4 is 53.3 Å². The summed E-state index contributed by atoms with van der Waals surface area (Å²) >= 11 is 5.75. The van der Waals surface area contributed by atoms with Crippen LogP contribution in [-0.2, 0) is 4.79 Å². The molecule has 32 heavy (non-hydrogen) atoms. The molecule has 1 unspecified atom stereocenters. The van der Waals surface area contributed by atoms with E-state index >= 15 is 0 Å². The third kappa shape index (κ3) is 7.31. The average Bonchev–Trinajstić information content (AvgIpc) is 2.75. The van der Waals surface area contributed by atoms with Crippen LogP contribution < -0.4 is 16.4 Å². The minimum Gasteiger partial charge on any atom is -0.412 e. The molecule has 1 heterocycles. The summed E-state index contributed by atoms with van der Waals surface area (Å²) in [4.78, 5) is 26.1. The first kappa shape index (κ1) is 27.1. The molecule has 4 rings (SSSR count). The normalized spacial score (nSPS) is 13.7. The topological polar surface area (TPSA) is 147 Å². The summed E-state index contributed by atoms with van der Waals surface area (Å²) in [5, 5.41) is 5.64. The van der Waals surface area contributed by atoms with Crippen molar-refractivity contribution < 1.29 is 24.8 Å². The third-order valence-corrected chi connectivity index (χ3v) is 6.10. The maximum absolute atomic E-state index is 12.3. The van der Waals surface area contributed by atoms with Crippen LogP contribution in [0.3, 0.4) is 0 Å². The fraction of sp³-hybridized carbons (Fsp3) is 0.130. The highest BCUT2D eigenvalue weighted by Gasteiger charge is 2.26. The van der Waals surface area contributed by atoms with Crippen molar-refractivity contribution in [2.45, 2.75) is 28.4 Å². The van der Waals surface area contributed by atoms with Gasteiger partial charge in [-0.2, -0.15) is 0 Å². The van der Waals surface area contributed by atoms with Crippen LogP contribution in [-0.4, -0.2) is 28.0 Å². The molecule has 0 fully saturated rings. The van der Waals surface area contributed by atoms with Crippen molar-refractivity contribution in [1.82, 2.24) is 0 Å². The molecule has 7 nitrogen and oxygen atoms in total. The Hall–Kier alpha value is -2.98. The Kier molecular flexibility index (Phi) is 10.8. The van der Waals surface area contributed by atoms with Gasteiger partial charge in [0.2, 0.25) is 5.91 Å². The van der Waals surface area contributed by atoms with E-state index in [0.717, 1.165) is 21.9 Å². The number of rotatable bonds is 3. The predicted octanol–water partition coefficient (Wildman–Crippen LogP) is 4.41. The van der Waals surface area contributed by atoms with Crippen LogP contribution in [0.1, 0.15) is 28.0 Å². The molecule has 1 aliphatic rings. The molecular formula is C23H33N3O4S2. The van der Waals surface area contributed by atoms with Crippen molar-refractivity contribution in [2.24, 2.45) is 0 Å². The number of hydrogen-bond acceptors (Lipinski definition) is 5. The number of nitrogen functional groups attached to an aromatic ring is 1. The Morgan fingerprint density at radius 3 is 2.31 bits per heavy atom. The molecule has 0 radical (unpaired) electrons. The second-order valence-corrected chi connectivity index (χ2v) is 8.39. The molecule has 1 aliphatic heterocycles. The number of amides is 2. The number of benzene rings is 3.